The van der Waals surface area contributed by atoms with E-state index >= 15 is 0 Å². The van der Waals surface area contributed by atoms with Crippen molar-refractivity contribution in [2.45, 2.75) is 26.4 Å². The summed E-state index contributed by atoms with van der Waals surface area (Å²) in [5.74, 6) is 1.46. The van der Waals surface area contributed by atoms with Crippen molar-refractivity contribution in [1.82, 2.24) is 15.5 Å². The van der Waals surface area contributed by atoms with Crippen molar-refractivity contribution in [3.8, 4) is 0 Å². The zero-order chi connectivity index (χ0) is 21.2. The molecule has 0 fully saturated rings. The zero-order valence-electron chi connectivity index (χ0n) is 17.4. The van der Waals surface area contributed by atoms with E-state index in [-0.39, 0.29) is 5.91 Å². The normalized spacial score (nSPS) is 11.3. The van der Waals surface area contributed by atoms with Crippen LogP contribution in [0.25, 0.3) is 0 Å². The fourth-order valence-electron chi connectivity index (χ4n) is 2.97. The first-order valence-corrected chi connectivity index (χ1v) is 10.9. The van der Waals surface area contributed by atoms with Crippen LogP contribution in [0.3, 0.4) is 0 Å². The minimum atomic E-state index is -0.128. The molecule has 30 heavy (non-hydrogen) atoms. The van der Waals surface area contributed by atoms with Crippen LogP contribution in [-0.4, -0.2) is 36.9 Å². The summed E-state index contributed by atoms with van der Waals surface area (Å²) < 4.78 is 5.25. The van der Waals surface area contributed by atoms with Crippen LogP contribution < -0.4 is 10.6 Å². The van der Waals surface area contributed by atoms with E-state index in [2.05, 4.69) is 40.0 Å². The molecule has 1 amide bonds. The third-order valence-corrected chi connectivity index (χ3v) is 5.51. The van der Waals surface area contributed by atoms with Crippen molar-refractivity contribution in [3.05, 3.63) is 81.9 Å². The molecule has 0 aliphatic heterocycles. The highest BCUT2D eigenvalue weighted by Crippen LogP contribution is 2.10. The minimum absolute atomic E-state index is 0.128. The second-order valence-corrected chi connectivity index (χ2v) is 7.92. The quantitative estimate of drug-likeness (QED) is 0.404. The third kappa shape index (κ3) is 6.49. The first-order chi connectivity index (χ1) is 14.7. The molecule has 0 saturated heterocycles. The molecule has 0 aliphatic rings. The number of thiophene rings is 1. The Morgan fingerprint density at radius 2 is 2.07 bits per heavy atom. The fourth-order valence-corrected chi connectivity index (χ4v) is 3.67. The molecule has 1 aromatic carbocycles. The molecule has 0 atom stereocenters. The van der Waals surface area contributed by atoms with Gasteiger partial charge in [-0.05, 0) is 54.6 Å². The number of amides is 1. The van der Waals surface area contributed by atoms with Gasteiger partial charge in [0.05, 0.1) is 19.4 Å². The van der Waals surface area contributed by atoms with E-state index in [9.17, 15) is 4.79 Å². The summed E-state index contributed by atoms with van der Waals surface area (Å²) in [6.07, 6.45) is 2.59. The van der Waals surface area contributed by atoms with Crippen molar-refractivity contribution >= 4 is 23.2 Å². The number of carbonyl (C=O) groups excluding carboxylic acids is 1. The summed E-state index contributed by atoms with van der Waals surface area (Å²) in [5, 5.41) is 8.32. The number of nitrogens with zero attached hydrogens (tertiary/aromatic N) is 2. The van der Waals surface area contributed by atoms with Crippen molar-refractivity contribution in [3.63, 3.8) is 0 Å². The lowest BCUT2D eigenvalue weighted by Crippen LogP contribution is -2.39. The first-order valence-electron chi connectivity index (χ1n) is 10.1. The average molecular weight is 425 g/mol. The molecule has 0 spiro atoms. The van der Waals surface area contributed by atoms with Gasteiger partial charge in [0, 0.05) is 30.6 Å². The summed E-state index contributed by atoms with van der Waals surface area (Å²) >= 11 is 1.78. The molecule has 2 aromatic heterocycles. The van der Waals surface area contributed by atoms with Gasteiger partial charge in [-0.3, -0.25) is 4.79 Å². The largest absolute Gasteiger partial charge is 0.467 e. The molecular formula is C23H28N4O2S. The van der Waals surface area contributed by atoms with Crippen molar-refractivity contribution in [2.24, 2.45) is 4.99 Å². The van der Waals surface area contributed by atoms with Crippen LogP contribution in [-0.2, 0) is 19.5 Å². The van der Waals surface area contributed by atoms with Gasteiger partial charge in [0.25, 0.3) is 5.91 Å². The molecule has 0 saturated carbocycles. The SMILES string of the molecule is CCNC(=NCc1cccc(C(=O)NCc2ccco2)c1)N(C)CCc1cccs1. The van der Waals surface area contributed by atoms with Crippen LogP contribution in [0.2, 0.25) is 0 Å². The van der Waals surface area contributed by atoms with Crippen molar-refractivity contribution in [1.29, 1.82) is 0 Å². The van der Waals surface area contributed by atoms with Gasteiger partial charge in [0.2, 0.25) is 0 Å². The highest BCUT2D eigenvalue weighted by atomic mass is 32.1. The van der Waals surface area contributed by atoms with Gasteiger partial charge in [-0.2, -0.15) is 0 Å². The number of hydrogen-bond acceptors (Lipinski definition) is 4. The second-order valence-electron chi connectivity index (χ2n) is 6.88. The lowest BCUT2D eigenvalue weighted by Gasteiger charge is -2.21. The number of likely N-dealkylation sites (N-methyl/N-ethyl adjacent to an activating group) is 1. The van der Waals surface area contributed by atoms with Crippen LogP contribution in [0.4, 0.5) is 0 Å². The van der Waals surface area contributed by atoms with Gasteiger partial charge < -0.3 is 20.0 Å². The Kier molecular flexibility index (Phi) is 8.09. The number of aliphatic imine (C=N–C) groups is 1. The average Bonchev–Trinajstić information content (AvgIpc) is 3.47. The van der Waals surface area contributed by atoms with Crippen LogP contribution in [0.15, 0.2) is 69.6 Å². The number of furan rings is 1. The van der Waals surface area contributed by atoms with E-state index in [4.69, 9.17) is 9.41 Å². The number of benzene rings is 1. The molecule has 0 aliphatic carbocycles. The summed E-state index contributed by atoms with van der Waals surface area (Å²) in [7, 11) is 2.05. The Hall–Kier alpha value is -3.06. The number of nitrogens with one attached hydrogen (secondary N) is 2. The molecule has 0 radical (unpaired) electrons. The monoisotopic (exact) mass is 424 g/mol. The predicted molar refractivity (Wildman–Crippen MR) is 122 cm³/mol. The van der Waals surface area contributed by atoms with Gasteiger partial charge in [-0.15, -0.1) is 11.3 Å². The maximum atomic E-state index is 12.4. The Bertz CT molecular complexity index is 936. The summed E-state index contributed by atoms with van der Waals surface area (Å²) in [4.78, 5) is 20.7. The highest BCUT2D eigenvalue weighted by molar-refractivity contribution is 7.09. The van der Waals surface area contributed by atoms with E-state index < -0.39 is 0 Å². The zero-order valence-corrected chi connectivity index (χ0v) is 18.2. The number of hydrogen-bond donors (Lipinski definition) is 2. The Balaban J connectivity index is 1.59. The number of rotatable bonds is 9. The molecule has 158 valence electrons. The van der Waals surface area contributed by atoms with Crippen LogP contribution in [0.1, 0.15) is 33.5 Å². The smallest absolute Gasteiger partial charge is 0.251 e. The van der Waals surface area contributed by atoms with E-state index in [0.717, 1.165) is 36.8 Å². The van der Waals surface area contributed by atoms with Gasteiger partial charge in [-0.25, -0.2) is 4.99 Å². The molecule has 7 heteroatoms. The molecule has 2 heterocycles. The van der Waals surface area contributed by atoms with E-state index in [1.165, 1.54) is 4.88 Å². The maximum absolute atomic E-state index is 12.4. The molecule has 2 N–H and O–H groups in total. The molecule has 6 nitrogen and oxygen atoms in total. The predicted octanol–water partition coefficient (Wildman–Crippen LogP) is 3.91. The fraction of sp³-hybridized carbons (Fsp3) is 0.304. The van der Waals surface area contributed by atoms with Crippen LogP contribution in [0, 0.1) is 0 Å². The number of carbonyl (C=O) groups is 1. The molecular weight excluding hydrogens is 396 g/mol. The Morgan fingerprint density at radius 3 is 2.80 bits per heavy atom. The van der Waals surface area contributed by atoms with E-state index in [1.54, 1.807) is 23.7 Å². The Labute approximate surface area is 181 Å². The molecule has 0 unspecified atom stereocenters. The minimum Gasteiger partial charge on any atom is -0.467 e. The molecule has 3 aromatic rings. The summed E-state index contributed by atoms with van der Waals surface area (Å²) in [5.41, 5.74) is 1.60. The molecule has 3 rings (SSSR count). The van der Waals surface area contributed by atoms with Gasteiger partial charge >= 0.3 is 0 Å². The maximum Gasteiger partial charge on any atom is 0.251 e. The topological polar surface area (TPSA) is 69.9 Å². The van der Waals surface area contributed by atoms with E-state index in [0.29, 0.717) is 18.7 Å². The third-order valence-electron chi connectivity index (χ3n) is 4.57. The van der Waals surface area contributed by atoms with Crippen molar-refractivity contribution in [2.75, 3.05) is 20.1 Å². The van der Waals surface area contributed by atoms with Gasteiger partial charge in [-0.1, -0.05) is 18.2 Å². The lowest BCUT2D eigenvalue weighted by atomic mass is 10.1. The lowest BCUT2D eigenvalue weighted by molar-refractivity contribution is 0.0948. The van der Waals surface area contributed by atoms with Crippen LogP contribution in [0.5, 0.6) is 0 Å². The highest BCUT2D eigenvalue weighted by Gasteiger charge is 2.09. The van der Waals surface area contributed by atoms with E-state index in [1.807, 2.05) is 37.4 Å². The van der Waals surface area contributed by atoms with Gasteiger partial charge in [0.1, 0.15) is 5.76 Å². The first kappa shape index (κ1) is 21.6. The van der Waals surface area contributed by atoms with Crippen molar-refractivity contribution < 1.29 is 9.21 Å². The summed E-state index contributed by atoms with van der Waals surface area (Å²) in [6.45, 7) is 4.63. The molecule has 0 bridgehead atoms. The van der Waals surface area contributed by atoms with Crippen LogP contribution >= 0.6 is 11.3 Å². The Morgan fingerprint density at radius 1 is 1.17 bits per heavy atom. The second kappa shape index (κ2) is 11.2. The van der Waals surface area contributed by atoms with Gasteiger partial charge in [0.15, 0.2) is 5.96 Å². The standard InChI is InChI=1S/C23H28N4O2S/c1-3-24-23(27(2)12-11-21-10-6-14-30-21)26-16-18-7-4-8-19(15-18)22(28)25-17-20-9-5-13-29-20/h4-10,13-15H,3,11-12,16-17H2,1-2H3,(H,24,26)(H,25,28). The number of guanidine groups is 1. The summed E-state index contributed by atoms with van der Waals surface area (Å²) in [6, 6.07) is 15.4.